The third-order valence-electron chi connectivity index (χ3n) is 7.69. The minimum absolute atomic E-state index is 0.128. The Kier molecular flexibility index (Phi) is 9.55. The highest BCUT2D eigenvalue weighted by Gasteiger charge is 2.37. The van der Waals surface area contributed by atoms with Gasteiger partial charge in [-0.2, -0.15) is 0 Å². The predicted molar refractivity (Wildman–Crippen MR) is 170 cm³/mol. The Labute approximate surface area is 274 Å². The number of hydrogen-bond donors (Lipinski definition) is 2. The molecule has 0 bridgehead atoms. The second-order valence-corrected chi connectivity index (χ2v) is 10.7. The summed E-state index contributed by atoms with van der Waals surface area (Å²) in [5.41, 5.74) is 1.76. The van der Waals surface area contributed by atoms with Crippen molar-refractivity contribution in [1.82, 2.24) is 19.5 Å². The first kappa shape index (κ1) is 32.1. The molecule has 1 unspecified atom stereocenters. The van der Waals surface area contributed by atoms with Gasteiger partial charge in [-0.25, -0.2) is 19.7 Å². The number of carbonyl (C=O) groups is 3. The summed E-state index contributed by atoms with van der Waals surface area (Å²) >= 11 is 0. The summed E-state index contributed by atoms with van der Waals surface area (Å²) in [7, 11) is 2.92. The summed E-state index contributed by atoms with van der Waals surface area (Å²) in [5.74, 6) is 0.142. The molecule has 48 heavy (non-hydrogen) atoms. The molecule has 14 heteroatoms. The van der Waals surface area contributed by atoms with Gasteiger partial charge >= 0.3 is 6.16 Å². The molecule has 2 aromatic heterocycles. The third kappa shape index (κ3) is 6.94. The van der Waals surface area contributed by atoms with Crippen molar-refractivity contribution in [2.75, 3.05) is 26.1 Å². The summed E-state index contributed by atoms with van der Waals surface area (Å²) < 4.78 is 29.2. The van der Waals surface area contributed by atoms with Crippen LogP contribution in [0.15, 0.2) is 91.5 Å². The lowest BCUT2D eigenvalue weighted by molar-refractivity contribution is -0.0600. The number of rotatable bonds is 11. The third-order valence-corrected chi connectivity index (χ3v) is 7.69. The molecule has 0 spiro atoms. The van der Waals surface area contributed by atoms with Gasteiger partial charge in [-0.05, 0) is 24.3 Å². The number of nitrogens with zero attached hydrogens (tertiary/aromatic N) is 4. The fourth-order valence-corrected chi connectivity index (χ4v) is 5.25. The molecule has 14 nitrogen and oxygen atoms in total. The maximum absolute atomic E-state index is 13.5. The summed E-state index contributed by atoms with van der Waals surface area (Å²) in [4.78, 5) is 52.0. The lowest BCUT2D eigenvalue weighted by Crippen LogP contribution is -2.29. The number of benzene rings is 3. The molecule has 1 saturated heterocycles. The Hall–Kier alpha value is -5.86. The number of aromatic nitrogens is 4. The first-order valence-electron chi connectivity index (χ1n) is 14.9. The van der Waals surface area contributed by atoms with Crippen LogP contribution < -0.4 is 14.8 Å². The van der Waals surface area contributed by atoms with Crippen LogP contribution in [0.1, 0.15) is 45.0 Å². The van der Waals surface area contributed by atoms with Gasteiger partial charge < -0.3 is 34.1 Å². The molecular weight excluding hydrogens is 622 g/mol. The van der Waals surface area contributed by atoms with E-state index in [0.717, 1.165) is 0 Å². The number of ketones is 1. The molecule has 2 N–H and O–H groups in total. The Bertz CT molecular complexity index is 1900. The maximum atomic E-state index is 13.5. The van der Waals surface area contributed by atoms with E-state index in [-0.39, 0.29) is 24.8 Å². The standard InChI is InChI=1S/C34H31N5O9/c1-44-23-13-22(14-24(15-23)45-2)30(29(41)20-9-5-3-6-10-20)48-34(43)46-17-26-25(40)16-27(47-26)39-19-37-28-31(35-18-36-32(28)39)38-33(42)21-11-7-4-8-12-21/h3-15,18-19,25-27,30,40H,16-17H2,1-2H3,(H,35,36,38,42)/t25-,26+,27+,30?/m0/s1. The van der Waals surface area contributed by atoms with Crippen LogP contribution in [-0.2, 0) is 14.2 Å². The number of imidazole rings is 1. The van der Waals surface area contributed by atoms with E-state index in [2.05, 4.69) is 20.3 Å². The Balaban J connectivity index is 1.13. The van der Waals surface area contributed by atoms with Gasteiger partial charge in [-0.1, -0.05) is 48.5 Å². The Morgan fingerprint density at radius 3 is 2.27 bits per heavy atom. The molecule has 4 atom stereocenters. The van der Waals surface area contributed by atoms with Crippen molar-refractivity contribution in [1.29, 1.82) is 0 Å². The van der Waals surface area contributed by atoms with Crippen LogP contribution in [0.5, 0.6) is 11.5 Å². The molecule has 246 valence electrons. The molecule has 0 aliphatic carbocycles. The predicted octanol–water partition coefficient (Wildman–Crippen LogP) is 4.52. The van der Waals surface area contributed by atoms with E-state index >= 15 is 0 Å². The molecule has 1 aliphatic rings. The molecule has 3 heterocycles. The molecule has 0 saturated carbocycles. The van der Waals surface area contributed by atoms with Gasteiger partial charge in [-0.15, -0.1) is 0 Å². The molecule has 1 amide bonds. The van der Waals surface area contributed by atoms with Crippen molar-refractivity contribution in [2.45, 2.75) is 31.0 Å². The van der Waals surface area contributed by atoms with E-state index in [1.807, 2.05) is 6.07 Å². The van der Waals surface area contributed by atoms with Crippen LogP contribution in [0.3, 0.4) is 0 Å². The number of methoxy groups -OCH3 is 2. The molecule has 0 radical (unpaired) electrons. The number of Topliss-reactive ketones (excluding diaryl/α,β-unsaturated/α-hetero) is 1. The van der Waals surface area contributed by atoms with Gasteiger partial charge in [0.1, 0.15) is 36.8 Å². The summed E-state index contributed by atoms with van der Waals surface area (Å²) in [6, 6.07) is 21.8. The smallest absolute Gasteiger partial charge is 0.497 e. The SMILES string of the molecule is COc1cc(OC)cc(C(OC(=O)OC[C@H]2O[C@@H](n3cnc4c(NC(=O)c5ccccc5)ncnc43)C[C@@H]2O)C(=O)c2ccccc2)c1. The fraction of sp³-hybridized carbons (Fsp3) is 0.235. The lowest BCUT2D eigenvalue weighted by atomic mass is 9.99. The van der Waals surface area contributed by atoms with Crippen molar-refractivity contribution in [3.8, 4) is 11.5 Å². The van der Waals surface area contributed by atoms with Crippen molar-refractivity contribution in [3.63, 3.8) is 0 Å². The minimum Gasteiger partial charge on any atom is -0.497 e. The van der Waals surface area contributed by atoms with Crippen molar-refractivity contribution >= 4 is 34.8 Å². The zero-order chi connectivity index (χ0) is 33.6. The van der Waals surface area contributed by atoms with Crippen LogP contribution in [0.25, 0.3) is 11.2 Å². The summed E-state index contributed by atoms with van der Waals surface area (Å²) in [6.07, 6.45) is -2.34. The topological polar surface area (TPSA) is 173 Å². The molecule has 3 aromatic carbocycles. The highest BCUT2D eigenvalue weighted by Crippen LogP contribution is 2.33. The van der Waals surface area contributed by atoms with Crippen LogP contribution >= 0.6 is 0 Å². The second-order valence-electron chi connectivity index (χ2n) is 10.7. The van der Waals surface area contributed by atoms with Crippen LogP contribution in [0.2, 0.25) is 0 Å². The Morgan fingerprint density at radius 1 is 0.938 bits per heavy atom. The fourth-order valence-electron chi connectivity index (χ4n) is 5.25. The van der Waals surface area contributed by atoms with Crippen LogP contribution in [0, 0.1) is 0 Å². The Morgan fingerprint density at radius 2 is 1.60 bits per heavy atom. The maximum Gasteiger partial charge on any atom is 0.509 e. The van der Waals surface area contributed by atoms with E-state index in [9.17, 15) is 19.5 Å². The molecule has 1 fully saturated rings. The zero-order valence-corrected chi connectivity index (χ0v) is 25.9. The average molecular weight is 654 g/mol. The van der Waals surface area contributed by atoms with Crippen LogP contribution in [0.4, 0.5) is 10.6 Å². The number of anilines is 1. The molecule has 1 aliphatic heterocycles. The lowest BCUT2D eigenvalue weighted by Gasteiger charge is -2.20. The number of carbonyl (C=O) groups excluding carboxylic acids is 3. The van der Waals surface area contributed by atoms with E-state index in [1.165, 1.54) is 26.9 Å². The summed E-state index contributed by atoms with van der Waals surface area (Å²) in [6.45, 7) is -0.371. The quantitative estimate of drug-likeness (QED) is 0.151. The highest BCUT2D eigenvalue weighted by molar-refractivity contribution is 6.06. The highest BCUT2D eigenvalue weighted by atomic mass is 16.7. The molecular formula is C34H31N5O9. The van der Waals surface area contributed by atoms with Crippen molar-refractivity contribution < 1.29 is 43.2 Å². The number of ether oxygens (including phenoxy) is 5. The van der Waals surface area contributed by atoms with E-state index in [4.69, 9.17) is 23.7 Å². The first-order chi connectivity index (χ1) is 23.3. The van der Waals surface area contributed by atoms with Crippen LogP contribution in [-0.4, -0.2) is 75.5 Å². The summed E-state index contributed by atoms with van der Waals surface area (Å²) in [5, 5.41) is 13.5. The first-order valence-corrected chi connectivity index (χ1v) is 14.9. The van der Waals surface area contributed by atoms with Gasteiger partial charge in [0.05, 0.1) is 26.7 Å². The zero-order valence-electron chi connectivity index (χ0n) is 25.9. The number of nitrogens with one attached hydrogen (secondary N) is 1. The largest absolute Gasteiger partial charge is 0.509 e. The van der Waals surface area contributed by atoms with Gasteiger partial charge in [0.15, 0.2) is 23.1 Å². The number of amides is 1. The van der Waals surface area contributed by atoms with Crippen molar-refractivity contribution in [2.24, 2.45) is 0 Å². The molecule has 5 aromatic rings. The normalized spacial score (nSPS) is 17.8. The number of hydrogen-bond acceptors (Lipinski definition) is 12. The van der Waals surface area contributed by atoms with E-state index < -0.39 is 36.5 Å². The van der Waals surface area contributed by atoms with Gasteiger partial charge in [0.25, 0.3) is 5.91 Å². The van der Waals surface area contributed by atoms with Gasteiger partial charge in [-0.3, -0.25) is 14.2 Å². The van der Waals surface area contributed by atoms with Gasteiger partial charge in [0, 0.05) is 29.2 Å². The number of fused-ring (bicyclic) bond motifs is 1. The monoisotopic (exact) mass is 653 g/mol. The second kappa shape index (κ2) is 14.3. The van der Waals surface area contributed by atoms with Crippen molar-refractivity contribution in [3.05, 3.63) is 108 Å². The minimum atomic E-state index is -1.39. The molecule has 6 rings (SSSR count). The van der Waals surface area contributed by atoms with E-state index in [0.29, 0.717) is 39.4 Å². The number of aliphatic hydroxyl groups is 1. The number of aliphatic hydroxyl groups excluding tert-OH is 1. The van der Waals surface area contributed by atoms with Gasteiger partial charge in [0.2, 0.25) is 5.78 Å². The van der Waals surface area contributed by atoms with E-state index in [1.54, 1.807) is 77.4 Å². The average Bonchev–Trinajstić information content (AvgIpc) is 3.73.